The molecule has 2 aromatic heterocycles. The van der Waals surface area contributed by atoms with Crippen LogP contribution in [0.2, 0.25) is 0 Å². The highest BCUT2D eigenvalue weighted by atomic mass is 16.6. The first-order valence-electron chi connectivity index (χ1n) is 11.4. The van der Waals surface area contributed by atoms with Crippen molar-refractivity contribution in [2.24, 2.45) is 29.2 Å². The topological polar surface area (TPSA) is 174 Å². The number of Topliss-reactive ketones (excluding diaryl/α,β-unsaturated/α-hetero) is 1. The molecule has 4 N–H and O–H groups in total. The summed E-state index contributed by atoms with van der Waals surface area (Å²) in [6, 6.07) is 4.55. The van der Waals surface area contributed by atoms with Gasteiger partial charge in [-0.2, -0.15) is 0 Å². The van der Waals surface area contributed by atoms with Gasteiger partial charge in [0.05, 0.1) is 43.7 Å². The van der Waals surface area contributed by atoms with Crippen LogP contribution in [0.1, 0.15) is 47.9 Å². The zero-order valence-corrected chi connectivity index (χ0v) is 19.0. The lowest BCUT2D eigenvalue weighted by atomic mass is 9.48. The van der Waals surface area contributed by atoms with E-state index in [2.05, 4.69) is 0 Å². The molecule has 35 heavy (non-hydrogen) atoms. The van der Waals surface area contributed by atoms with Crippen molar-refractivity contribution in [1.82, 2.24) is 0 Å². The average Bonchev–Trinajstić information content (AvgIpc) is 3.54. The van der Waals surface area contributed by atoms with Gasteiger partial charge in [-0.25, -0.2) is 4.79 Å². The summed E-state index contributed by atoms with van der Waals surface area (Å²) in [6.07, 6.45) is 2.39. The number of nitrogens with two attached hydrogens (primary N) is 2. The first kappa shape index (κ1) is 23.3. The van der Waals surface area contributed by atoms with Crippen LogP contribution in [0.15, 0.2) is 45.8 Å². The molecule has 2 aliphatic carbocycles. The van der Waals surface area contributed by atoms with Crippen LogP contribution < -0.4 is 11.5 Å². The molecule has 1 aliphatic heterocycles. The Balaban J connectivity index is 1.55. The molecule has 0 amide bonds. The maximum atomic E-state index is 13.9. The number of carbonyl (C=O) groups excluding carboxylic acids is 4. The van der Waals surface area contributed by atoms with E-state index in [1.54, 1.807) is 6.07 Å². The maximum Gasteiger partial charge on any atom is 0.374 e. The normalized spacial score (nSPS) is 36.5. The molecule has 11 nitrogen and oxygen atoms in total. The van der Waals surface area contributed by atoms with Crippen molar-refractivity contribution in [1.29, 1.82) is 0 Å². The molecular weight excluding hydrogens is 460 g/mol. The number of ketones is 1. The lowest BCUT2D eigenvalue weighted by Gasteiger charge is -2.60. The van der Waals surface area contributed by atoms with Crippen molar-refractivity contribution < 1.29 is 42.2 Å². The number of esters is 3. The second-order valence-electron chi connectivity index (χ2n) is 9.52. The highest BCUT2D eigenvalue weighted by Gasteiger charge is 2.69. The molecule has 0 spiro atoms. The molecular formula is C24H26N2O9. The Morgan fingerprint density at radius 2 is 1.94 bits per heavy atom. The maximum absolute atomic E-state index is 13.9. The van der Waals surface area contributed by atoms with Crippen molar-refractivity contribution in [3.05, 3.63) is 48.3 Å². The summed E-state index contributed by atoms with van der Waals surface area (Å²) in [5, 5.41) is 0. The van der Waals surface area contributed by atoms with E-state index in [1.165, 1.54) is 38.0 Å². The number of ether oxygens (including phenoxy) is 3. The summed E-state index contributed by atoms with van der Waals surface area (Å²) >= 11 is 0. The third-order valence-corrected chi connectivity index (χ3v) is 7.74. The molecule has 0 radical (unpaired) electrons. The van der Waals surface area contributed by atoms with E-state index >= 15 is 0 Å². The largest absolute Gasteiger partial charge is 0.472 e. The number of rotatable bonds is 4. The number of methoxy groups -OCH3 is 1. The number of hydrogen-bond acceptors (Lipinski definition) is 11. The minimum atomic E-state index is -1.45. The zero-order chi connectivity index (χ0) is 25.0. The van der Waals surface area contributed by atoms with Gasteiger partial charge in [-0.1, -0.05) is 0 Å². The Morgan fingerprint density at radius 3 is 2.60 bits per heavy atom. The van der Waals surface area contributed by atoms with Crippen molar-refractivity contribution in [2.45, 2.75) is 49.0 Å². The molecule has 2 aromatic rings. The summed E-state index contributed by atoms with van der Waals surface area (Å²) < 4.78 is 26.3. The second-order valence-corrected chi connectivity index (χ2v) is 9.52. The number of furan rings is 2. The average molecular weight is 486 g/mol. The van der Waals surface area contributed by atoms with Crippen LogP contribution >= 0.6 is 0 Å². The van der Waals surface area contributed by atoms with Gasteiger partial charge in [0.15, 0.2) is 11.9 Å². The van der Waals surface area contributed by atoms with Crippen molar-refractivity contribution in [3.63, 3.8) is 0 Å². The van der Waals surface area contributed by atoms with Crippen LogP contribution in [-0.2, 0) is 28.6 Å². The van der Waals surface area contributed by atoms with Crippen LogP contribution in [0.5, 0.6) is 0 Å². The standard InChI is InChI=1S/C24H26N2O9/c1-31-20(28)14-9-16(34-22(30)15-3-2-7-33-15)18(27)19-23(14,25)6-4-13-21(29)35-17(10-24(13,19)26)12-5-8-32-11-12/h2-3,5,7-8,11,13-14,16-17,19H,4,6,9-10,25-26H2,1H3/t13-,14-,16-,17-,19-,23+,24+/m0/s1. The Bertz CT molecular complexity index is 1140. The van der Waals surface area contributed by atoms with Crippen LogP contribution in [0.4, 0.5) is 0 Å². The summed E-state index contributed by atoms with van der Waals surface area (Å²) in [5.41, 5.74) is 11.5. The molecule has 11 heteroatoms. The van der Waals surface area contributed by atoms with Gasteiger partial charge in [-0.05, 0) is 31.0 Å². The first-order chi connectivity index (χ1) is 16.7. The Kier molecular flexibility index (Phi) is 5.56. The fourth-order valence-corrected chi connectivity index (χ4v) is 6.12. The number of fused-ring (bicyclic) bond motifs is 3. The summed E-state index contributed by atoms with van der Waals surface area (Å²) in [4.78, 5) is 52.4. The molecule has 2 saturated carbocycles. The number of hydrogen-bond donors (Lipinski definition) is 2. The minimum absolute atomic E-state index is 0.0744. The lowest BCUT2D eigenvalue weighted by Crippen LogP contribution is -2.78. The monoisotopic (exact) mass is 486 g/mol. The molecule has 5 rings (SSSR count). The van der Waals surface area contributed by atoms with E-state index in [9.17, 15) is 19.2 Å². The molecule has 0 aromatic carbocycles. The van der Waals surface area contributed by atoms with Crippen LogP contribution in [0.3, 0.4) is 0 Å². The fraction of sp³-hybridized carbons (Fsp3) is 0.500. The van der Waals surface area contributed by atoms with Crippen LogP contribution in [0, 0.1) is 17.8 Å². The van der Waals surface area contributed by atoms with E-state index in [0.717, 1.165) is 0 Å². The van der Waals surface area contributed by atoms with Gasteiger partial charge in [-0.3, -0.25) is 14.4 Å². The molecule has 1 saturated heterocycles. The van der Waals surface area contributed by atoms with Crippen LogP contribution in [0.25, 0.3) is 0 Å². The minimum Gasteiger partial charge on any atom is -0.472 e. The van der Waals surface area contributed by atoms with Crippen molar-refractivity contribution in [2.75, 3.05) is 7.11 Å². The van der Waals surface area contributed by atoms with Gasteiger partial charge in [0, 0.05) is 29.5 Å². The lowest BCUT2D eigenvalue weighted by molar-refractivity contribution is -0.186. The van der Waals surface area contributed by atoms with Crippen molar-refractivity contribution >= 4 is 23.7 Å². The van der Waals surface area contributed by atoms with E-state index < -0.39 is 64.7 Å². The zero-order valence-electron chi connectivity index (χ0n) is 19.0. The highest BCUT2D eigenvalue weighted by Crippen LogP contribution is 2.55. The predicted molar refractivity (Wildman–Crippen MR) is 115 cm³/mol. The third kappa shape index (κ3) is 3.57. The van der Waals surface area contributed by atoms with Gasteiger partial charge < -0.3 is 34.5 Å². The molecule has 186 valence electrons. The van der Waals surface area contributed by atoms with Gasteiger partial charge in [0.25, 0.3) is 0 Å². The molecule has 3 fully saturated rings. The Labute approximate surface area is 200 Å². The van der Waals surface area contributed by atoms with E-state index in [-0.39, 0.29) is 31.4 Å². The molecule has 3 heterocycles. The van der Waals surface area contributed by atoms with E-state index in [1.807, 2.05) is 0 Å². The summed E-state index contributed by atoms with van der Waals surface area (Å²) in [5.74, 6) is -5.68. The highest BCUT2D eigenvalue weighted by molar-refractivity contribution is 5.96. The first-order valence-corrected chi connectivity index (χ1v) is 11.4. The Morgan fingerprint density at radius 1 is 1.14 bits per heavy atom. The molecule has 3 aliphatic rings. The predicted octanol–water partition coefficient (Wildman–Crippen LogP) is 1.27. The van der Waals surface area contributed by atoms with Gasteiger partial charge in [-0.15, -0.1) is 0 Å². The molecule has 7 atom stereocenters. The van der Waals surface area contributed by atoms with Gasteiger partial charge in [0.1, 0.15) is 6.10 Å². The van der Waals surface area contributed by atoms with Gasteiger partial charge in [0.2, 0.25) is 5.76 Å². The quantitative estimate of drug-likeness (QED) is 0.470. The van der Waals surface area contributed by atoms with Gasteiger partial charge >= 0.3 is 17.9 Å². The van der Waals surface area contributed by atoms with Crippen molar-refractivity contribution in [3.8, 4) is 0 Å². The second kappa shape index (κ2) is 8.35. The number of carbonyl (C=O) groups is 4. The summed E-state index contributed by atoms with van der Waals surface area (Å²) in [6.45, 7) is 0. The smallest absolute Gasteiger partial charge is 0.374 e. The van der Waals surface area contributed by atoms with E-state index in [0.29, 0.717) is 5.56 Å². The third-order valence-electron chi connectivity index (χ3n) is 7.74. The SMILES string of the molecule is COC(=O)[C@@H]1C[C@H](OC(=O)c2ccco2)C(=O)[C@H]2[C@@]1(N)CC[C@H]1C(=O)O[C@H](c3ccoc3)C[C@]21N. The Hall–Kier alpha value is -3.44. The molecule has 0 bridgehead atoms. The fourth-order valence-electron chi connectivity index (χ4n) is 6.12. The van der Waals surface area contributed by atoms with Crippen LogP contribution in [-0.4, -0.2) is 48.0 Å². The number of cyclic esters (lactones) is 1. The van der Waals surface area contributed by atoms with E-state index in [4.69, 9.17) is 34.5 Å². The molecule has 0 unspecified atom stereocenters. The summed E-state index contributed by atoms with van der Waals surface area (Å²) in [7, 11) is 1.22.